The molecular weight excluding hydrogens is 336 g/mol. The number of aromatic nitrogens is 3. The Bertz CT molecular complexity index is 770. The van der Waals surface area contributed by atoms with Gasteiger partial charge in [0.05, 0.1) is 5.60 Å². The summed E-state index contributed by atoms with van der Waals surface area (Å²) in [7, 11) is 0. The van der Waals surface area contributed by atoms with Gasteiger partial charge in [-0.05, 0) is 58.9 Å². The van der Waals surface area contributed by atoms with E-state index in [0.29, 0.717) is 0 Å². The fraction of sp³-hybridized carbons (Fsp3) is 0.556. The molecule has 26 heavy (non-hydrogen) atoms. The van der Waals surface area contributed by atoms with E-state index >= 15 is 0 Å². The van der Waals surface area contributed by atoms with Crippen molar-refractivity contribution in [2.45, 2.75) is 65.6 Å². The number of rotatable bonds is 2. The Hall–Kier alpha value is -2.48. The highest BCUT2D eigenvalue weighted by Crippen LogP contribution is 2.18. The SMILES string of the molecule is CC(C)(C)ON1C(=O)CCC1=O.CC(C)(C)On1nnc2ccccc21. The minimum Gasteiger partial charge on any atom is -0.389 e. The molecule has 1 aliphatic rings. The van der Waals surface area contributed by atoms with Gasteiger partial charge in [-0.1, -0.05) is 17.0 Å². The molecule has 1 saturated heterocycles. The van der Waals surface area contributed by atoms with Crippen LogP contribution in [0.15, 0.2) is 24.3 Å². The molecule has 8 nitrogen and oxygen atoms in total. The van der Waals surface area contributed by atoms with Crippen molar-refractivity contribution in [3.63, 3.8) is 0 Å². The molecule has 0 spiro atoms. The van der Waals surface area contributed by atoms with Crippen LogP contribution in [0.25, 0.3) is 11.0 Å². The molecule has 1 aromatic heterocycles. The average molecular weight is 362 g/mol. The standard InChI is InChI=1S/C10H13N3O.C8H13NO3/c1-10(2,3)14-13-9-7-5-4-6-8(9)11-12-13;1-8(2,3)12-9-6(10)4-5-7(9)11/h4-7H,1-3H3;4-5H2,1-3H3. The molecule has 0 radical (unpaired) electrons. The van der Waals surface area contributed by atoms with Crippen LogP contribution in [0.4, 0.5) is 0 Å². The van der Waals surface area contributed by atoms with Crippen LogP contribution in [0.1, 0.15) is 54.4 Å². The topological polar surface area (TPSA) is 86.5 Å². The number of imide groups is 1. The molecule has 1 aromatic carbocycles. The summed E-state index contributed by atoms with van der Waals surface area (Å²) >= 11 is 0. The van der Waals surface area contributed by atoms with E-state index in [1.165, 1.54) is 4.85 Å². The molecule has 142 valence electrons. The second kappa shape index (κ2) is 7.41. The molecule has 0 atom stereocenters. The van der Waals surface area contributed by atoms with E-state index in [-0.39, 0.29) is 30.3 Å². The van der Waals surface area contributed by atoms with Gasteiger partial charge in [0.25, 0.3) is 11.8 Å². The van der Waals surface area contributed by atoms with Crippen molar-refractivity contribution in [3.05, 3.63) is 24.3 Å². The quantitative estimate of drug-likeness (QED) is 0.763. The van der Waals surface area contributed by atoms with E-state index in [2.05, 4.69) is 10.3 Å². The van der Waals surface area contributed by atoms with Crippen LogP contribution in [0.3, 0.4) is 0 Å². The number of hydroxylamine groups is 2. The molecule has 2 amide bonds. The van der Waals surface area contributed by atoms with Crippen LogP contribution in [0, 0.1) is 0 Å². The number of amides is 2. The van der Waals surface area contributed by atoms with E-state index in [4.69, 9.17) is 9.68 Å². The smallest absolute Gasteiger partial charge is 0.254 e. The lowest BCUT2D eigenvalue weighted by Gasteiger charge is -2.24. The van der Waals surface area contributed by atoms with Crippen LogP contribution in [-0.2, 0) is 14.4 Å². The summed E-state index contributed by atoms with van der Waals surface area (Å²) < 4.78 is 0. The van der Waals surface area contributed by atoms with Crippen molar-refractivity contribution in [2.24, 2.45) is 0 Å². The van der Waals surface area contributed by atoms with Crippen LogP contribution in [-0.4, -0.2) is 43.2 Å². The van der Waals surface area contributed by atoms with Crippen LogP contribution >= 0.6 is 0 Å². The molecule has 0 aliphatic carbocycles. The summed E-state index contributed by atoms with van der Waals surface area (Å²) in [5.74, 6) is -0.482. The molecule has 2 heterocycles. The highest BCUT2D eigenvalue weighted by atomic mass is 16.7. The molecule has 0 bridgehead atoms. The first-order chi connectivity index (χ1) is 12.0. The lowest BCUT2D eigenvalue weighted by atomic mass is 10.2. The second-order valence-corrected chi connectivity index (χ2v) is 7.94. The Labute approximate surface area is 153 Å². The summed E-state index contributed by atoms with van der Waals surface area (Å²) in [4.78, 5) is 34.3. The highest BCUT2D eigenvalue weighted by molar-refractivity contribution is 6.00. The normalized spacial score (nSPS) is 15.2. The molecule has 1 aliphatic heterocycles. The highest BCUT2D eigenvalue weighted by Gasteiger charge is 2.33. The predicted octanol–water partition coefficient (Wildman–Crippen LogP) is 2.52. The molecule has 0 N–H and O–H groups in total. The van der Waals surface area contributed by atoms with Crippen LogP contribution in [0.5, 0.6) is 0 Å². The molecule has 0 unspecified atom stereocenters. The van der Waals surface area contributed by atoms with Gasteiger partial charge in [-0.25, -0.2) is 0 Å². The Morgan fingerprint density at radius 1 is 0.885 bits per heavy atom. The number of hydrogen-bond donors (Lipinski definition) is 0. The van der Waals surface area contributed by atoms with Gasteiger partial charge in [0.15, 0.2) is 0 Å². The summed E-state index contributed by atoms with van der Waals surface area (Å²) in [5.41, 5.74) is 0.978. The summed E-state index contributed by atoms with van der Waals surface area (Å²) in [6, 6.07) is 7.71. The van der Waals surface area contributed by atoms with E-state index in [1.54, 1.807) is 20.8 Å². The van der Waals surface area contributed by atoms with Crippen molar-refractivity contribution in [3.8, 4) is 0 Å². The second-order valence-electron chi connectivity index (χ2n) is 7.94. The van der Waals surface area contributed by atoms with Crippen LogP contribution < -0.4 is 4.84 Å². The monoisotopic (exact) mass is 362 g/mol. The largest absolute Gasteiger partial charge is 0.389 e. The number of carbonyl (C=O) groups is 2. The van der Waals surface area contributed by atoms with Gasteiger partial charge in [-0.15, -0.1) is 5.10 Å². The van der Waals surface area contributed by atoms with Gasteiger partial charge in [0.1, 0.15) is 16.6 Å². The fourth-order valence-corrected chi connectivity index (χ4v) is 2.11. The fourth-order valence-electron chi connectivity index (χ4n) is 2.11. The lowest BCUT2D eigenvalue weighted by molar-refractivity contribution is -0.218. The zero-order valence-corrected chi connectivity index (χ0v) is 16.1. The Kier molecular flexibility index (Phi) is 5.65. The van der Waals surface area contributed by atoms with Crippen molar-refractivity contribution in [1.29, 1.82) is 0 Å². The molecule has 8 heteroatoms. The average Bonchev–Trinajstić information content (AvgIpc) is 3.04. The number of para-hydroxylation sites is 1. The van der Waals surface area contributed by atoms with Gasteiger partial charge in [-0.2, -0.15) is 5.06 Å². The Morgan fingerprint density at radius 2 is 1.42 bits per heavy atom. The van der Waals surface area contributed by atoms with Crippen molar-refractivity contribution in [2.75, 3.05) is 0 Å². The summed E-state index contributed by atoms with van der Waals surface area (Å²) in [5, 5.41) is 8.79. The number of benzene rings is 1. The van der Waals surface area contributed by atoms with E-state index in [0.717, 1.165) is 16.1 Å². The van der Waals surface area contributed by atoms with E-state index < -0.39 is 5.60 Å². The number of hydrogen-bond acceptors (Lipinski definition) is 6. The Morgan fingerprint density at radius 3 is 1.96 bits per heavy atom. The maximum absolute atomic E-state index is 11.0. The number of fused-ring (bicyclic) bond motifs is 1. The minimum absolute atomic E-state index is 0.241. The van der Waals surface area contributed by atoms with Gasteiger partial charge >= 0.3 is 0 Å². The Balaban J connectivity index is 0.000000190. The summed E-state index contributed by atoms with van der Waals surface area (Å²) in [6.07, 6.45) is 0.545. The first kappa shape index (κ1) is 19.8. The molecule has 3 rings (SSSR count). The van der Waals surface area contributed by atoms with Gasteiger partial charge in [0.2, 0.25) is 0 Å². The zero-order chi connectivity index (χ0) is 19.5. The third-order valence-corrected chi connectivity index (χ3v) is 3.05. The van der Waals surface area contributed by atoms with Crippen LogP contribution in [0.2, 0.25) is 0 Å². The molecule has 0 saturated carbocycles. The third kappa shape index (κ3) is 5.52. The number of nitrogens with zero attached hydrogens (tertiary/aromatic N) is 4. The molecule has 1 fully saturated rings. The third-order valence-electron chi connectivity index (χ3n) is 3.05. The molecular formula is C18H26N4O4. The molecule has 2 aromatic rings. The zero-order valence-electron chi connectivity index (χ0n) is 16.1. The maximum atomic E-state index is 11.0. The number of carbonyl (C=O) groups excluding carboxylic acids is 2. The first-order valence-electron chi connectivity index (χ1n) is 8.51. The minimum atomic E-state index is -0.490. The van der Waals surface area contributed by atoms with Crippen molar-refractivity contribution < 1.29 is 19.3 Å². The lowest BCUT2D eigenvalue weighted by Crippen LogP contribution is -2.37. The van der Waals surface area contributed by atoms with Crippen molar-refractivity contribution in [1.82, 2.24) is 20.2 Å². The van der Waals surface area contributed by atoms with Gasteiger partial charge < -0.3 is 4.84 Å². The summed E-state index contributed by atoms with van der Waals surface area (Å²) in [6.45, 7) is 11.3. The first-order valence-corrected chi connectivity index (χ1v) is 8.51. The predicted molar refractivity (Wildman–Crippen MR) is 95.8 cm³/mol. The van der Waals surface area contributed by atoms with Gasteiger partial charge in [0, 0.05) is 12.8 Å². The maximum Gasteiger partial charge on any atom is 0.254 e. The van der Waals surface area contributed by atoms with E-state index in [9.17, 15) is 9.59 Å². The van der Waals surface area contributed by atoms with E-state index in [1.807, 2.05) is 45.0 Å². The van der Waals surface area contributed by atoms with Gasteiger partial charge in [-0.3, -0.25) is 14.4 Å². The van der Waals surface area contributed by atoms with Crippen molar-refractivity contribution >= 4 is 22.8 Å².